The fraction of sp³-hybridized carbons (Fsp3) is 0.333. The van der Waals surface area contributed by atoms with E-state index in [9.17, 15) is 4.79 Å². The summed E-state index contributed by atoms with van der Waals surface area (Å²) >= 11 is 0. The van der Waals surface area contributed by atoms with E-state index < -0.39 is 0 Å². The Bertz CT molecular complexity index is 892. The van der Waals surface area contributed by atoms with Crippen molar-refractivity contribution in [3.8, 4) is 11.3 Å². The Balaban J connectivity index is 1.53. The van der Waals surface area contributed by atoms with Crippen LogP contribution in [0.4, 0.5) is 0 Å². The van der Waals surface area contributed by atoms with Crippen molar-refractivity contribution in [3.63, 3.8) is 0 Å². The van der Waals surface area contributed by atoms with Crippen molar-refractivity contribution in [2.75, 3.05) is 33.2 Å². The van der Waals surface area contributed by atoms with E-state index in [1.54, 1.807) is 10.9 Å². The van der Waals surface area contributed by atoms with Gasteiger partial charge in [-0.05, 0) is 18.5 Å². The first kappa shape index (κ1) is 15.7. The van der Waals surface area contributed by atoms with Crippen molar-refractivity contribution < 1.29 is 4.79 Å². The van der Waals surface area contributed by atoms with Gasteiger partial charge in [0.2, 0.25) is 5.91 Å². The molecule has 1 fully saturated rings. The van der Waals surface area contributed by atoms with Crippen molar-refractivity contribution >= 4 is 16.7 Å². The maximum atomic E-state index is 12.4. The number of hydrogen-bond donors (Lipinski definition) is 0. The standard InChI is InChI=1S/C18H20N6O/c1-22-7-9-23(10-8-22)18(25)13-24-12-17(20-21-24)16-4-2-3-14-11-19-6-5-15(14)16/h2-6,11-12H,7-10,13H2,1H3. The van der Waals surface area contributed by atoms with Gasteiger partial charge in [-0.15, -0.1) is 5.10 Å². The van der Waals surface area contributed by atoms with Gasteiger partial charge in [0, 0.05) is 49.5 Å². The van der Waals surface area contributed by atoms with Crippen molar-refractivity contribution in [2.24, 2.45) is 0 Å². The third-order valence-corrected chi connectivity index (χ3v) is 4.65. The first-order valence-corrected chi connectivity index (χ1v) is 8.40. The quantitative estimate of drug-likeness (QED) is 0.720. The molecule has 4 rings (SSSR count). The molecule has 0 radical (unpaired) electrons. The summed E-state index contributed by atoms with van der Waals surface area (Å²) in [5, 5.41) is 10.5. The molecule has 7 heteroatoms. The Kier molecular flexibility index (Phi) is 4.15. The average Bonchev–Trinajstić information content (AvgIpc) is 3.10. The molecule has 3 heterocycles. The molecule has 1 aliphatic rings. The number of carbonyl (C=O) groups is 1. The number of carbonyl (C=O) groups excluding carboxylic acids is 1. The minimum Gasteiger partial charge on any atom is -0.339 e. The molecule has 1 aliphatic heterocycles. The van der Waals surface area contributed by atoms with Gasteiger partial charge in [-0.25, -0.2) is 4.68 Å². The van der Waals surface area contributed by atoms with Gasteiger partial charge in [0.1, 0.15) is 12.2 Å². The fourth-order valence-corrected chi connectivity index (χ4v) is 3.14. The van der Waals surface area contributed by atoms with Gasteiger partial charge in [0.05, 0.1) is 6.20 Å². The molecule has 128 valence electrons. The third kappa shape index (κ3) is 3.23. The monoisotopic (exact) mass is 336 g/mol. The van der Waals surface area contributed by atoms with Crippen LogP contribution in [0.3, 0.4) is 0 Å². The zero-order valence-corrected chi connectivity index (χ0v) is 14.2. The maximum absolute atomic E-state index is 12.4. The minimum absolute atomic E-state index is 0.0895. The van der Waals surface area contributed by atoms with Crippen molar-refractivity contribution in [3.05, 3.63) is 42.9 Å². The highest BCUT2D eigenvalue weighted by Gasteiger charge is 2.19. The number of piperazine rings is 1. The van der Waals surface area contributed by atoms with Gasteiger partial charge < -0.3 is 9.80 Å². The van der Waals surface area contributed by atoms with Crippen LogP contribution in [0.2, 0.25) is 0 Å². The van der Waals surface area contributed by atoms with Crippen LogP contribution in [0.1, 0.15) is 0 Å². The number of fused-ring (bicyclic) bond motifs is 1. The molecule has 0 aliphatic carbocycles. The van der Waals surface area contributed by atoms with Crippen LogP contribution in [-0.4, -0.2) is 68.9 Å². The fourth-order valence-electron chi connectivity index (χ4n) is 3.14. The predicted molar refractivity (Wildman–Crippen MR) is 94.8 cm³/mol. The Morgan fingerprint density at radius 1 is 1.16 bits per heavy atom. The number of pyridine rings is 1. The summed E-state index contributed by atoms with van der Waals surface area (Å²) in [7, 11) is 2.07. The summed E-state index contributed by atoms with van der Waals surface area (Å²) in [5.41, 5.74) is 1.76. The predicted octanol–water partition coefficient (Wildman–Crippen LogP) is 1.27. The lowest BCUT2D eigenvalue weighted by Crippen LogP contribution is -2.48. The lowest BCUT2D eigenvalue weighted by atomic mass is 10.0. The molecule has 1 amide bonds. The summed E-state index contributed by atoms with van der Waals surface area (Å²) < 4.78 is 1.62. The molecule has 7 nitrogen and oxygen atoms in total. The van der Waals surface area contributed by atoms with E-state index in [1.807, 2.05) is 41.6 Å². The largest absolute Gasteiger partial charge is 0.339 e. The van der Waals surface area contributed by atoms with Crippen LogP contribution in [0.5, 0.6) is 0 Å². The number of benzene rings is 1. The molecule has 0 unspecified atom stereocenters. The lowest BCUT2D eigenvalue weighted by Gasteiger charge is -2.32. The Morgan fingerprint density at radius 2 is 2.00 bits per heavy atom. The van der Waals surface area contributed by atoms with Crippen molar-refractivity contribution in [2.45, 2.75) is 6.54 Å². The smallest absolute Gasteiger partial charge is 0.244 e. The highest BCUT2D eigenvalue weighted by atomic mass is 16.2. The first-order chi connectivity index (χ1) is 12.2. The highest BCUT2D eigenvalue weighted by molar-refractivity contribution is 5.95. The van der Waals surface area contributed by atoms with Gasteiger partial charge >= 0.3 is 0 Å². The van der Waals surface area contributed by atoms with Crippen LogP contribution in [-0.2, 0) is 11.3 Å². The molecule has 25 heavy (non-hydrogen) atoms. The second-order valence-electron chi connectivity index (χ2n) is 6.39. The zero-order valence-electron chi connectivity index (χ0n) is 14.2. The molecule has 1 saturated heterocycles. The van der Waals surface area contributed by atoms with E-state index in [2.05, 4.69) is 27.2 Å². The van der Waals surface area contributed by atoms with E-state index in [1.165, 1.54) is 0 Å². The van der Waals surface area contributed by atoms with Crippen molar-refractivity contribution in [1.82, 2.24) is 29.8 Å². The van der Waals surface area contributed by atoms with Gasteiger partial charge in [-0.2, -0.15) is 0 Å². The van der Waals surface area contributed by atoms with Gasteiger partial charge in [0.15, 0.2) is 0 Å². The molecule has 0 saturated carbocycles. The van der Waals surface area contributed by atoms with Gasteiger partial charge in [-0.3, -0.25) is 9.78 Å². The van der Waals surface area contributed by atoms with Crippen LogP contribution in [0.25, 0.3) is 22.0 Å². The maximum Gasteiger partial charge on any atom is 0.244 e. The molecule has 0 spiro atoms. The number of nitrogens with zero attached hydrogens (tertiary/aromatic N) is 6. The number of rotatable bonds is 3. The van der Waals surface area contributed by atoms with Crippen LogP contribution in [0, 0.1) is 0 Å². The molecule has 0 N–H and O–H groups in total. The second kappa shape index (κ2) is 6.60. The molecular weight excluding hydrogens is 316 g/mol. The van der Waals surface area contributed by atoms with Gasteiger partial charge in [0.25, 0.3) is 0 Å². The molecule has 1 aromatic carbocycles. The van der Waals surface area contributed by atoms with E-state index in [0.29, 0.717) is 0 Å². The number of aromatic nitrogens is 4. The third-order valence-electron chi connectivity index (χ3n) is 4.65. The molecule has 0 atom stereocenters. The Labute approximate surface area is 145 Å². The Hall–Kier alpha value is -2.80. The van der Waals surface area contributed by atoms with E-state index in [-0.39, 0.29) is 12.5 Å². The lowest BCUT2D eigenvalue weighted by molar-refractivity contribution is -0.133. The normalized spacial score (nSPS) is 15.6. The summed E-state index contributed by atoms with van der Waals surface area (Å²) in [5.74, 6) is 0.0895. The Morgan fingerprint density at radius 3 is 2.84 bits per heavy atom. The van der Waals surface area contributed by atoms with E-state index in [0.717, 1.165) is 48.2 Å². The number of likely N-dealkylation sites (N-methyl/N-ethyl adjacent to an activating group) is 1. The summed E-state index contributed by atoms with van der Waals surface area (Å²) in [6.07, 6.45) is 5.44. The minimum atomic E-state index is 0.0895. The number of hydrogen-bond acceptors (Lipinski definition) is 5. The topological polar surface area (TPSA) is 67.2 Å². The van der Waals surface area contributed by atoms with Crippen LogP contribution < -0.4 is 0 Å². The highest BCUT2D eigenvalue weighted by Crippen LogP contribution is 2.26. The van der Waals surface area contributed by atoms with Crippen LogP contribution in [0.15, 0.2) is 42.9 Å². The van der Waals surface area contributed by atoms with Crippen molar-refractivity contribution in [1.29, 1.82) is 0 Å². The van der Waals surface area contributed by atoms with Gasteiger partial charge in [-0.1, -0.05) is 23.4 Å². The first-order valence-electron chi connectivity index (χ1n) is 8.40. The average molecular weight is 336 g/mol. The summed E-state index contributed by atoms with van der Waals surface area (Å²) in [6.45, 7) is 3.60. The van der Waals surface area contributed by atoms with Crippen LogP contribution >= 0.6 is 0 Å². The SMILES string of the molecule is CN1CCN(C(=O)Cn2cc(-c3cccc4cnccc34)nn2)CC1. The molecule has 2 aromatic heterocycles. The molecule has 3 aromatic rings. The zero-order chi connectivity index (χ0) is 17.2. The molecule has 0 bridgehead atoms. The molecular formula is C18H20N6O. The van der Waals surface area contributed by atoms with E-state index in [4.69, 9.17) is 0 Å². The summed E-state index contributed by atoms with van der Waals surface area (Å²) in [4.78, 5) is 20.7. The van der Waals surface area contributed by atoms with E-state index >= 15 is 0 Å². The number of amides is 1. The summed E-state index contributed by atoms with van der Waals surface area (Å²) in [6, 6.07) is 7.99. The second-order valence-corrected chi connectivity index (χ2v) is 6.39.